The van der Waals surface area contributed by atoms with E-state index in [0.29, 0.717) is 55.0 Å². The van der Waals surface area contributed by atoms with Crippen LogP contribution in [0.4, 0.5) is 27.9 Å². The van der Waals surface area contributed by atoms with Gasteiger partial charge in [0.05, 0.1) is 30.0 Å². The van der Waals surface area contributed by atoms with Gasteiger partial charge in [0, 0.05) is 24.3 Å². The number of aromatic carboxylic acids is 1. The lowest BCUT2D eigenvalue weighted by molar-refractivity contribution is 0.0697. The number of carboxylic acid groups (broad SMARTS) is 1. The number of carbonyl (C=O) groups is 1. The fourth-order valence-corrected chi connectivity index (χ4v) is 3.81. The van der Waals surface area contributed by atoms with Crippen LogP contribution in [0.1, 0.15) is 16.1 Å². The second-order valence-corrected chi connectivity index (χ2v) is 8.49. The minimum Gasteiger partial charge on any atom is -0.478 e. The van der Waals surface area contributed by atoms with Gasteiger partial charge in [-0.1, -0.05) is 11.6 Å². The molecule has 14 heteroatoms. The normalized spacial score (nSPS) is 13.2. The van der Waals surface area contributed by atoms with Crippen LogP contribution in [0.5, 0.6) is 0 Å². The predicted molar refractivity (Wildman–Crippen MR) is 147 cm³/mol. The fourth-order valence-electron chi connectivity index (χ4n) is 3.61. The van der Waals surface area contributed by atoms with Crippen molar-refractivity contribution in [3.8, 4) is 11.3 Å². The van der Waals surface area contributed by atoms with Crippen molar-refractivity contribution in [3.05, 3.63) is 76.8 Å². The van der Waals surface area contributed by atoms with Gasteiger partial charge >= 0.3 is 5.97 Å². The van der Waals surface area contributed by atoms with Crippen LogP contribution < -0.4 is 15.6 Å². The first-order valence-electron chi connectivity index (χ1n) is 11.5. The topological polar surface area (TPSA) is 138 Å². The number of furan rings is 1. The molecule has 0 amide bonds. The molecule has 202 valence electrons. The molecule has 2 aromatic heterocycles. The van der Waals surface area contributed by atoms with E-state index in [0.717, 1.165) is 0 Å². The van der Waals surface area contributed by atoms with E-state index < -0.39 is 5.97 Å². The summed E-state index contributed by atoms with van der Waals surface area (Å²) >= 11 is 5.95. The summed E-state index contributed by atoms with van der Waals surface area (Å²) in [6, 6.07) is 13.8. The molecule has 0 radical (unpaired) electrons. The van der Waals surface area contributed by atoms with Gasteiger partial charge in [0.2, 0.25) is 17.8 Å². The van der Waals surface area contributed by atoms with Crippen LogP contribution in [0.15, 0.2) is 64.1 Å². The summed E-state index contributed by atoms with van der Waals surface area (Å²) in [5.74, 6) is 0.245. The number of hydrazone groups is 1. The van der Waals surface area contributed by atoms with Crippen LogP contribution in [0, 0.1) is 5.82 Å². The molecule has 0 atom stereocenters. The Hall–Kier alpha value is -4.26. The van der Waals surface area contributed by atoms with Gasteiger partial charge in [-0.2, -0.15) is 20.1 Å². The third kappa shape index (κ3) is 6.99. The third-order valence-electron chi connectivity index (χ3n) is 5.48. The molecule has 5 rings (SSSR count). The molecule has 0 spiro atoms. The Balaban J connectivity index is 0.00000353. The first kappa shape index (κ1) is 27.8. The fraction of sp³-hybridized carbons (Fsp3) is 0.160. The highest BCUT2D eigenvalue weighted by Gasteiger charge is 2.17. The molecular weight excluding hydrogens is 552 g/mol. The second-order valence-electron chi connectivity index (χ2n) is 8.09. The molecule has 1 saturated heterocycles. The minimum absolute atomic E-state index is 0. The van der Waals surface area contributed by atoms with Crippen molar-refractivity contribution in [2.24, 2.45) is 5.10 Å². The molecule has 0 aliphatic carbocycles. The van der Waals surface area contributed by atoms with Crippen LogP contribution in [-0.2, 0) is 4.74 Å². The molecule has 3 N–H and O–H groups in total. The summed E-state index contributed by atoms with van der Waals surface area (Å²) in [4.78, 5) is 26.6. The number of nitrogens with zero attached hydrogens (tertiary/aromatic N) is 5. The highest BCUT2D eigenvalue weighted by molar-refractivity contribution is 6.33. The highest BCUT2D eigenvalue weighted by Crippen LogP contribution is 2.27. The molecular formula is C25H22Cl2FN7O4. The van der Waals surface area contributed by atoms with Crippen LogP contribution in [0.3, 0.4) is 0 Å². The number of carboxylic acids is 1. The monoisotopic (exact) mass is 573 g/mol. The van der Waals surface area contributed by atoms with Gasteiger partial charge in [0.25, 0.3) is 0 Å². The number of aromatic nitrogens is 3. The molecule has 3 heterocycles. The number of hydrogen-bond acceptors (Lipinski definition) is 10. The van der Waals surface area contributed by atoms with Crippen LogP contribution in [0.25, 0.3) is 11.3 Å². The van der Waals surface area contributed by atoms with Gasteiger partial charge in [-0.3, -0.25) is 0 Å². The Kier molecular flexibility index (Phi) is 8.92. The summed E-state index contributed by atoms with van der Waals surface area (Å²) in [5.41, 5.74) is 3.93. The number of benzene rings is 2. The van der Waals surface area contributed by atoms with Crippen molar-refractivity contribution in [1.29, 1.82) is 0 Å². The van der Waals surface area contributed by atoms with E-state index in [-0.39, 0.29) is 40.7 Å². The molecule has 4 aromatic rings. The van der Waals surface area contributed by atoms with Crippen molar-refractivity contribution in [2.75, 3.05) is 41.9 Å². The number of anilines is 4. The number of hydrogen-bond donors (Lipinski definition) is 3. The molecule has 1 aliphatic heterocycles. The van der Waals surface area contributed by atoms with Crippen LogP contribution in [0.2, 0.25) is 5.02 Å². The average Bonchev–Trinajstić information content (AvgIpc) is 3.39. The summed E-state index contributed by atoms with van der Waals surface area (Å²) < 4.78 is 24.5. The number of rotatable bonds is 8. The number of morpholine rings is 1. The lowest BCUT2D eigenvalue weighted by Crippen LogP contribution is -2.37. The quantitative estimate of drug-likeness (QED) is 0.193. The molecule has 0 bridgehead atoms. The van der Waals surface area contributed by atoms with E-state index in [1.807, 2.05) is 4.90 Å². The molecule has 2 aromatic carbocycles. The zero-order valence-electron chi connectivity index (χ0n) is 20.2. The maximum atomic E-state index is 13.3. The first-order valence-corrected chi connectivity index (χ1v) is 11.9. The van der Waals surface area contributed by atoms with Gasteiger partial charge in [-0.05, 0) is 54.6 Å². The van der Waals surface area contributed by atoms with E-state index in [2.05, 4.69) is 30.8 Å². The molecule has 1 aliphatic rings. The number of ether oxygens (including phenoxy) is 1. The average molecular weight is 574 g/mol. The van der Waals surface area contributed by atoms with Gasteiger partial charge in [0.15, 0.2) is 0 Å². The molecule has 11 nitrogen and oxygen atoms in total. The Morgan fingerprint density at radius 1 is 1.05 bits per heavy atom. The maximum Gasteiger partial charge on any atom is 0.337 e. The third-order valence-corrected chi connectivity index (χ3v) is 5.81. The Bertz CT molecular complexity index is 1480. The Labute approximate surface area is 233 Å². The predicted octanol–water partition coefficient (Wildman–Crippen LogP) is 5.07. The lowest BCUT2D eigenvalue weighted by Gasteiger charge is -2.27. The smallest absolute Gasteiger partial charge is 0.337 e. The largest absolute Gasteiger partial charge is 0.478 e. The summed E-state index contributed by atoms with van der Waals surface area (Å²) in [6.45, 7) is 2.34. The second kappa shape index (κ2) is 12.5. The molecule has 1 fully saturated rings. The van der Waals surface area contributed by atoms with Crippen molar-refractivity contribution in [2.45, 2.75) is 0 Å². The minimum atomic E-state index is -1.13. The van der Waals surface area contributed by atoms with Gasteiger partial charge in [-0.15, -0.1) is 12.4 Å². The summed E-state index contributed by atoms with van der Waals surface area (Å²) in [5, 5.41) is 16.6. The molecule has 0 unspecified atom stereocenters. The SMILES string of the molecule is Cl.O=C(O)c1cc(-c2ccc(C=NNc3nc(Nc4ccc(F)cc4)nc(N4CCOCC4)n3)o2)ccc1Cl. The zero-order valence-corrected chi connectivity index (χ0v) is 21.7. The summed E-state index contributed by atoms with van der Waals surface area (Å²) in [6.07, 6.45) is 1.43. The van der Waals surface area contributed by atoms with Gasteiger partial charge < -0.3 is 24.5 Å². The molecule has 0 saturated carbocycles. The van der Waals surface area contributed by atoms with Crippen molar-refractivity contribution >= 4 is 59.7 Å². The van der Waals surface area contributed by atoms with E-state index >= 15 is 0 Å². The van der Waals surface area contributed by atoms with E-state index in [1.165, 1.54) is 30.5 Å². The zero-order chi connectivity index (χ0) is 26.5. The van der Waals surface area contributed by atoms with Crippen LogP contribution >= 0.6 is 24.0 Å². The van der Waals surface area contributed by atoms with Crippen molar-refractivity contribution in [3.63, 3.8) is 0 Å². The summed E-state index contributed by atoms with van der Waals surface area (Å²) in [7, 11) is 0. The van der Waals surface area contributed by atoms with Crippen LogP contribution in [-0.4, -0.2) is 58.5 Å². The Morgan fingerprint density at radius 3 is 2.54 bits per heavy atom. The lowest BCUT2D eigenvalue weighted by atomic mass is 10.1. The standard InChI is InChI=1S/C25H21ClFN7O4.ClH/c26-20-7-1-15(13-19(20)22(35)36)21-8-6-18(38-21)14-28-33-24-30-23(29-17-4-2-16(27)3-5-17)31-25(32-24)34-9-11-37-12-10-34;/h1-8,13-14H,9-12H2,(H,35,36)(H2,29,30,31,32,33);1H. The highest BCUT2D eigenvalue weighted by atomic mass is 35.5. The van der Waals surface area contributed by atoms with E-state index in [1.54, 1.807) is 30.3 Å². The molecule has 39 heavy (non-hydrogen) atoms. The van der Waals surface area contributed by atoms with Gasteiger partial charge in [0.1, 0.15) is 17.3 Å². The van der Waals surface area contributed by atoms with Crippen molar-refractivity contribution < 1.29 is 23.4 Å². The Morgan fingerprint density at radius 2 is 1.79 bits per heavy atom. The number of nitrogens with one attached hydrogen (secondary N) is 2. The van der Waals surface area contributed by atoms with E-state index in [4.69, 9.17) is 20.8 Å². The first-order chi connectivity index (χ1) is 18.4. The van der Waals surface area contributed by atoms with Crippen molar-refractivity contribution in [1.82, 2.24) is 15.0 Å². The van der Waals surface area contributed by atoms with Gasteiger partial charge in [-0.25, -0.2) is 14.6 Å². The van der Waals surface area contributed by atoms with E-state index in [9.17, 15) is 14.3 Å². The number of halogens is 3. The maximum absolute atomic E-state index is 13.3.